The van der Waals surface area contributed by atoms with Gasteiger partial charge >= 0.3 is 12.2 Å². The average molecular weight is 398 g/mol. The van der Waals surface area contributed by atoms with E-state index in [2.05, 4.69) is 20.8 Å². The SMILES string of the molecule is CC1CN(C(=O)Nc2nnnn2C)CC/C1=C\c1cc(F)cc(C(F)(F)F)c1. The Morgan fingerprint density at radius 2 is 2.07 bits per heavy atom. The second-order valence-electron chi connectivity index (χ2n) is 6.64. The van der Waals surface area contributed by atoms with Gasteiger partial charge in [-0.2, -0.15) is 13.2 Å². The molecule has 1 saturated heterocycles. The highest BCUT2D eigenvalue weighted by atomic mass is 19.4. The third-order valence-electron chi connectivity index (χ3n) is 4.52. The van der Waals surface area contributed by atoms with Crippen LogP contribution < -0.4 is 5.32 Å². The summed E-state index contributed by atoms with van der Waals surface area (Å²) >= 11 is 0. The van der Waals surface area contributed by atoms with Crippen LogP contribution in [-0.2, 0) is 13.2 Å². The number of carbonyl (C=O) groups is 1. The van der Waals surface area contributed by atoms with Gasteiger partial charge in [0.15, 0.2) is 0 Å². The first kappa shape index (κ1) is 19.8. The summed E-state index contributed by atoms with van der Waals surface area (Å²) in [6.07, 6.45) is -2.59. The maximum absolute atomic E-state index is 13.6. The number of amides is 2. The summed E-state index contributed by atoms with van der Waals surface area (Å²) in [6, 6.07) is 2.09. The lowest BCUT2D eigenvalue weighted by Crippen LogP contribution is -2.42. The molecule has 1 aliphatic heterocycles. The number of hydrogen-bond donors (Lipinski definition) is 1. The first-order chi connectivity index (χ1) is 13.1. The molecular formula is C17H18F4N6O. The lowest BCUT2D eigenvalue weighted by atomic mass is 9.91. The average Bonchev–Trinajstić information content (AvgIpc) is 3.00. The zero-order valence-electron chi connectivity index (χ0n) is 15.2. The molecule has 1 N–H and O–H groups in total. The van der Waals surface area contributed by atoms with Crippen LogP contribution in [0.2, 0.25) is 0 Å². The van der Waals surface area contributed by atoms with E-state index in [0.29, 0.717) is 25.6 Å². The number of carbonyl (C=O) groups excluding carboxylic acids is 1. The Hall–Kier alpha value is -2.98. The Morgan fingerprint density at radius 3 is 2.68 bits per heavy atom. The molecule has 1 fully saturated rings. The van der Waals surface area contributed by atoms with Gasteiger partial charge in [0.25, 0.3) is 5.95 Å². The molecule has 0 radical (unpaired) electrons. The first-order valence-corrected chi connectivity index (χ1v) is 8.50. The molecular weight excluding hydrogens is 380 g/mol. The number of tetrazole rings is 1. The lowest BCUT2D eigenvalue weighted by molar-refractivity contribution is -0.137. The first-order valence-electron chi connectivity index (χ1n) is 8.50. The molecule has 150 valence electrons. The van der Waals surface area contributed by atoms with Crippen LogP contribution in [0, 0.1) is 11.7 Å². The van der Waals surface area contributed by atoms with E-state index in [9.17, 15) is 22.4 Å². The van der Waals surface area contributed by atoms with Crippen LogP contribution in [-0.4, -0.2) is 44.2 Å². The molecule has 28 heavy (non-hydrogen) atoms. The largest absolute Gasteiger partial charge is 0.416 e. The van der Waals surface area contributed by atoms with Crippen LogP contribution in [0.25, 0.3) is 6.08 Å². The highest BCUT2D eigenvalue weighted by molar-refractivity contribution is 5.87. The minimum absolute atomic E-state index is 0.102. The number of urea groups is 1. The maximum Gasteiger partial charge on any atom is 0.416 e. The molecule has 1 unspecified atom stereocenters. The quantitative estimate of drug-likeness (QED) is 0.788. The van der Waals surface area contributed by atoms with Crippen LogP contribution >= 0.6 is 0 Å². The molecule has 0 saturated carbocycles. The Bertz CT molecular complexity index is 907. The number of aryl methyl sites for hydroxylation is 1. The van der Waals surface area contributed by atoms with Crippen LogP contribution in [0.1, 0.15) is 24.5 Å². The third-order valence-corrected chi connectivity index (χ3v) is 4.52. The molecule has 3 rings (SSSR count). The van der Waals surface area contributed by atoms with Gasteiger partial charge in [0.05, 0.1) is 5.56 Å². The number of aromatic nitrogens is 4. The number of piperidine rings is 1. The van der Waals surface area contributed by atoms with Crippen LogP contribution in [0.4, 0.5) is 28.3 Å². The second-order valence-corrected chi connectivity index (χ2v) is 6.64. The Morgan fingerprint density at radius 1 is 1.32 bits per heavy atom. The van der Waals surface area contributed by atoms with Gasteiger partial charge in [-0.15, -0.1) is 0 Å². The molecule has 1 atom stereocenters. The zero-order valence-corrected chi connectivity index (χ0v) is 15.2. The fourth-order valence-electron chi connectivity index (χ4n) is 3.03. The summed E-state index contributed by atoms with van der Waals surface area (Å²) in [7, 11) is 1.59. The Kier molecular flexibility index (Phi) is 5.34. The topological polar surface area (TPSA) is 75.9 Å². The number of anilines is 1. The van der Waals surface area contributed by atoms with Gasteiger partial charge in [0, 0.05) is 20.1 Å². The van der Waals surface area contributed by atoms with E-state index in [0.717, 1.165) is 17.7 Å². The normalized spacial score (nSPS) is 19.1. The maximum atomic E-state index is 13.6. The Labute approximate surface area is 158 Å². The predicted molar refractivity (Wildman–Crippen MR) is 92.5 cm³/mol. The van der Waals surface area contributed by atoms with E-state index in [-0.39, 0.29) is 23.5 Å². The molecule has 1 aliphatic rings. The smallest absolute Gasteiger partial charge is 0.324 e. The van der Waals surface area contributed by atoms with E-state index in [4.69, 9.17) is 0 Å². The minimum Gasteiger partial charge on any atom is -0.324 e. The molecule has 0 bridgehead atoms. The summed E-state index contributed by atoms with van der Waals surface area (Å²) in [5, 5.41) is 13.3. The van der Waals surface area contributed by atoms with E-state index in [1.54, 1.807) is 18.0 Å². The van der Waals surface area contributed by atoms with Gasteiger partial charge in [-0.1, -0.05) is 23.7 Å². The van der Waals surface area contributed by atoms with Crippen LogP contribution in [0.3, 0.4) is 0 Å². The lowest BCUT2D eigenvalue weighted by Gasteiger charge is -2.33. The molecule has 0 aliphatic carbocycles. The highest BCUT2D eigenvalue weighted by Crippen LogP contribution is 2.32. The van der Waals surface area contributed by atoms with Crippen molar-refractivity contribution >= 4 is 18.1 Å². The van der Waals surface area contributed by atoms with E-state index in [1.807, 2.05) is 6.92 Å². The van der Waals surface area contributed by atoms with E-state index in [1.165, 1.54) is 4.68 Å². The van der Waals surface area contributed by atoms with Crippen molar-refractivity contribution < 1.29 is 22.4 Å². The molecule has 2 aromatic rings. The van der Waals surface area contributed by atoms with Crippen molar-refractivity contribution in [1.29, 1.82) is 0 Å². The number of rotatable bonds is 2. The van der Waals surface area contributed by atoms with Gasteiger partial charge in [0.2, 0.25) is 0 Å². The number of halogens is 4. The van der Waals surface area contributed by atoms with Crippen molar-refractivity contribution in [3.63, 3.8) is 0 Å². The molecule has 0 spiro atoms. The number of alkyl halides is 3. The molecule has 7 nitrogen and oxygen atoms in total. The summed E-state index contributed by atoms with van der Waals surface area (Å²) in [5.41, 5.74) is -0.0264. The van der Waals surface area contributed by atoms with Crippen molar-refractivity contribution in [3.8, 4) is 0 Å². The van der Waals surface area contributed by atoms with Crippen molar-refractivity contribution in [2.75, 3.05) is 18.4 Å². The molecule has 2 heterocycles. The number of nitrogens with zero attached hydrogens (tertiary/aromatic N) is 5. The van der Waals surface area contributed by atoms with E-state index >= 15 is 0 Å². The van der Waals surface area contributed by atoms with Crippen molar-refractivity contribution in [3.05, 3.63) is 40.7 Å². The van der Waals surface area contributed by atoms with Gasteiger partial charge in [-0.05, 0) is 46.5 Å². The third kappa shape index (κ3) is 4.46. The van der Waals surface area contributed by atoms with E-state index < -0.39 is 17.6 Å². The van der Waals surface area contributed by atoms with Gasteiger partial charge < -0.3 is 4.90 Å². The van der Waals surface area contributed by atoms with Gasteiger partial charge in [-0.25, -0.2) is 13.9 Å². The number of nitrogens with one attached hydrogen (secondary N) is 1. The van der Waals surface area contributed by atoms with Crippen molar-refractivity contribution in [1.82, 2.24) is 25.1 Å². The summed E-state index contributed by atoms with van der Waals surface area (Å²) in [5.74, 6) is -0.836. The van der Waals surface area contributed by atoms with Gasteiger partial charge in [-0.3, -0.25) is 5.32 Å². The summed E-state index contributed by atoms with van der Waals surface area (Å²) in [4.78, 5) is 13.9. The van der Waals surface area contributed by atoms with Gasteiger partial charge in [0.1, 0.15) is 5.82 Å². The standard InChI is InChI=1S/C17H18F4N6O/c1-10-9-27(16(28)22-15-23-24-25-26(15)2)4-3-12(10)5-11-6-13(17(19,20)21)8-14(18)7-11/h5-8,10H,3-4,9H2,1-2H3,(H,22,23,25,28)/b12-5+. The van der Waals surface area contributed by atoms with Crippen LogP contribution in [0.15, 0.2) is 23.8 Å². The second kappa shape index (κ2) is 7.56. The number of benzene rings is 1. The molecule has 2 amide bonds. The fraction of sp³-hybridized carbons (Fsp3) is 0.412. The highest BCUT2D eigenvalue weighted by Gasteiger charge is 2.31. The molecule has 1 aromatic carbocycles. The van der Waals surface area contributed by atoms with Crippen molar-refractivity contribution in [2.45, 2.75) is 19.5 Å². The zero-order chi connectivity index (χ0) is 20.5. The summed E-state index contributed by atoms with van der Waals surface area (Å²) in [6.45, 7) is 2.60. The number of likely N-dealkylation sites (tertiary alicyclic amines) is 1. The Balaban J connectivity index is 1.71. The fourth-order valence-corrected chi connectivity index (χ4v) is 3.03. The molecule has 11 heteroatoms. The minimum atomic E-state index is -4.61. The predicted octanol–water partition coefficient (Wildman–Crippen LogP) is 3.33. The van der Waals surface area contributed by atoms with Crippen molar-refractivity contribution in [2.24, 2.45) is 13.0 Å². The number of hydrogen-bond acceptors (Lipinski definition) is 4. The monoisotopic (exact) mass is 398 g/mol. The molecule has 1 aromatic heterocycles. The van der Waals surface area contributed by atoms with Crippen LogP contribution in [0.5, 0.6) is 0 Å². The summed E-state index contributed by atoms with van der Waals surface area (Å²) < 4.78 is 53.5.